The van der Waals surface area contributed by atoms with Gasteiger partial charge in [0.25, 0.3) is 0 Å². The van der Waals surface area contributed by atoms with Crippen molar-refractivity contribution in [3.05, 3.63) is 58.1 Å². The van der Waals surface area contributed by atoms with Crippen LogP contribution in [0.2, 0.25) is 0 Å². The van der Waals surface area contributed by atoms with Gasteiger partial charge in [-0.3, -0.25) is 0 Å². The zero-order valence-electron chi connectivity index (χ0n) is 8.58. The standard InChI is InChI=1S/C13H14S/c1-10-3-4-12-8-11(7-10)5-6-13(9-12)14-2/h3-7,9H,8H2,1-2H3. The molecule has 2 bridgehead atoms. The average molecular weight is 202 g/mol. The smallest absolute Gasteiger partial charge is 0.00720 e. The van der Waals surface area contributed by atoms with E-state index in [-0.39, 0.29) is 0 Å². The van der Waals surface area contributed by atoms with Crippen molar-refractivity contribution in [3.63, 3.8) is 0 Å². The number of allylic oxidation sites excluding steroid dienone is 9. The number of thioether (sulfide) groups is 1. The molecule has 0 aromatic heterocycles. The Morgan fingerprint density at radius 3 is 2.71 bits per heavy atom. The molecule has 1 heteroatoms. The highest BCUT2D eigenvalue weighted by molar-refractivity contribution is 8.02. The summed E-state index contributed by atoms with van der Waals surface area (Å²) in [5.74, 6) is 0. The third kappa shape index (κ3) is 2.10. The van der Waals surface area contributed by atoms with Gasteiger partial charge in [0.15, 0.2) is 0 Å². The fourth-order valence-electron chi connectivity index (χ4n) is 1.68. The second kappa shape index (κ2) is 4.05. The summed E-state index contributed by atoms with van der Waals surface area (Å²) in [6.45, 7) is 2.15. The van der Waals surface area contributed by atoms with Gasteiger partial charge in [0.05, 0.1) is 0 Å². The molecule has 0 aromatic carbocycles. The van der Waals surface area contributed by atoms with E-state index >= 15 is 0 Å². The Balaban J connectivity index is 2.45. The lowest BCUT2D eigenvalue weighted by atomic mass is 10.1. The molecule has 0 nitrogen and oxygen atoms in total. The molecule has 72 valence electrons. The minimum Gasteiger partial charge on any atom is -0.130 e. The summed E-state index contributed by atoms with van der Waals surface area (Å²) in [5, 5.41) is 0. The molecule has 0 aliphatic heterocycles. The molecular formula is C13H14S. The van der Waals surface area contributed by atoms with E-state index in [0.717, 1.165) is 6.42 Å². The summed E-state index contributed by atoms with van der Waals surface area (Å²) in [5.41, 5.74) is 4.14. The molecule has 0 spiro atoms. The second-order valence-corrected chi connectivity index (χ2v) is 4.51. The van der Waals surface area contributed by atoms with Crippen molar-refractivity contribution in [1.82, 2.24) is 0 Å². The molecule has 0 unspecified atom stereocenters. The predicted molar refractivity (Wildman–Crippen MR) is 65.3 cm³/mol. The van der Waals surface area contributed by atoms with E-state index < -0.39 is 0 Å². The molecule has 0 saturated heterocycles. The predicted octanol–water partition coefficient (Wildman–Crippen LogP) is 4.01. The van der Waals surface area contributed by atoms with Crippen LogP contribution in [0.25, 0.3) is 0 Å². The third-order valence-electron chi connectivity index (χ3n) is 2.41. The maximum absolute atomic E-state index is 2.27. The maximum atomic E-state index is 2.27. The van der Waals surface area contributed by atoms with Gasteiger partial charge in [-0.15, -0.1) is 11.8 Å². The van der Waals surface area contributed by atoms with Gasteiger partial charge in [-0.1, -0.05) is 29.9 Å². The van der Waals surface area contributed by atoms with Crippen LogP contribution in [0.1, 0.15) is 13.3 Å². The van der Waals surface area contributed by atoms with E-state index in [1.807, 2.05) is 0 Å². The van der Waals surface area contributed by atoms with Gasteiger partial charge in [0.1, 0.15) is 0 Å². The normalized spacial score (nSPS) is 20.1. The highest BCUT2D eigenvalue weighted by atomic mass is 32.2. The number of rotatable bonds is 1. The van der Waals surface area contributed by atoms with Crippen molar-refractivity contribution >= 4 is 11.8 Å². The second-order valence-electron chi connectivity index (χ2n) is 3.63. The average Bonchev–Trinajstić information content (AvgIpc) is 2.47. The molecule has 0 atom stereocenters. The zero-order chi connectivity index (χ0) is 9.97. The summed E-state index contributed by atoms with van der Waals surface area (Å²) >= 11 is 1.80. The molecule has 0 heterocycles. The van der Waals surface area contributed by atoms with E-state index in [1.54, 1.807) is 11.8 Å². The molecule has 14 heavy (non-hydrogen) atoms. The SMILES string of the molecule is CSC1=CC=C2C=C(C)C=CC(=C1)C2. The van der Waals surface area contributed by atoms with Crippen LogP contribution in [0, 0.1) is 0 Å². The van der Waals surface area contributed by atoms with E-state index in [2.05, 4.69) is 49.6 Å². The van der Waals surface area contributed by atoms with Gasteiger partial charge in [0, 0.05) is 4.91 Å². The monoisotopic (exact) mass is 202 g/mol. The van der Waals surface area contributed by atoms with Crippen LogP contribution in [0.5, 0.6) is 0 Å². The fourth-order valence-corrected chi connectivity index (χ4v) is 2.15. The van der Waals surface area contributed by atoms with Crippen molar-refractivity contribution in [2.75, 3.05) is 6.26 Å². The van der Waals surface area contributed by atoms with Crippen molar-refractivity contribution < 1.29 is 0 Å². The molecule has 2 rings (SSSR count). The Labute approximate surface area is 89.8 Å². The quantitative estimate of drug-likeness (QED) is 0.619. The van der Waals surface area contributed by atoms with Crippen LogP contribution in [-0.2, 0) is 0 Å². The lowest BCUT2D eigenvalue weighted by Gasteiger charge is -1.98. The molecule has 0 aromatic rings. The topological polar surface area (TPSA) is 0 Å². The molecule has 0 N–H and O–H groups in total. The summed E-state index contributed by atoms with van der Waals surface area (Å²) in [7, 11) is 0. The largest absolute Gasteiger partial charge is 0.130 e. The minimum absolute atomic E-state index is 1.06. The Bertz CT molecular complexity index is 389. The van der Waals surface area contributed by atoms with Crippen LogP contribution in [-0.4, -0.2) is 6.26 Å². The highest BCUT2D eigenvalue weighted by Crippen LogP contribution is 2.27. The number of fused-ring (bicyclic) bond motifs is 2. The number of hydrogen-bond donors (Lipinski definition) is 0. The van der Waals surface area contributed by atoms with E-state index in [4.69, 9.17) is 0 Å². The Kier molecular flexibility index (Phi) is 2.78. The molecule has 0 radical (unpaired) electrons. The first-order valence-corrected chi connectivity index (χ1v) is 6.02. The van der Waals surface area contributed by atoms with Gasteiger partial charge in [-0.25, -0.2) is 0 Å². The molecule has 0 saturated carbocycles. The van der Waals surface area contributed by atoms with Crippen molar-refractivity contribution in [2.45, 2.75) is 13.3 Å². The zero-order valence-corrected chi connectivity index (χ0v) is 9.40. The van der Waals surface area contributed by atoms with Crippen molar-refractivity contribution in [1.29, 1.82) is 0 Å². The van der Waals surface area contributed by atoms with E-state index in [1.165, 1.54) is 21.6 Å². The first-order valence-electron chi connectivity index (χ1n) is 4.80. The van der Waals surface area contributed by atoms with E-state index in [9.17, 15) is 0 Å². The molecule has 2 aliphatic rings. The summed E-state index contributed by atoms with van der Waals surface area (Å²) in [4.78, 5) is 1.34. The van der Waals surface area contributed by atoms with Crippen molar-refractivity contribution in [2.24, 2.45) is 0 Å². The van der Waals surface area contributed by atoms with Crippen LogP contribution in [0.4, 0.5) is 0 Å². The third-order valence-corrected chi connectivity index (χ3v) is 3.13. The summed E-state index contributed by atoms with van der Waals surface area (Å²) < 4.78 is 0. The van der Waals surface area contributed by atoms with Crippen molar-refractivity contribution in [3.8, 4) is 0 Å². The van der Waals surface area contributed by atoms with Crippen LogP contribution >= 0.6 is 11.8 Å². The maximum Gasteiger partial charge on any atom is 0.00720 e. The molecule has 0 amide bonds. The summed E-state index contributed by atoms with van der Waals surface area (Å²) in [6.07, 6.45) is 16.6. The van der Waals surface area contributed by atoms with Crippen LogP contribution < -0.4 is 0 Å². The van der Waals surface area contributed by atoms with Gasteiger partial charge >= 0.3 is 0 Å². The first-order chi connectivity index (χ1) is 6.78. The Hall–Kier alpha value is -0.950. The molecule has 0 fully saturated rings. The Morgan fingerprint density at radius 1 is 1.07 bits per heavy atom. The molecular weight excluding hydrogens is 188 g/mol. The highest BCUT2D eigenvalue weighted by Gasteiger charge is 2.06. The van der Waals surface area contributed by atoms with Gasteiger partial charge in [-0.05, 0) is 42.9 Å². The van der Waals surface area contributed by atoms with Crippen LogP contribution in [0.15, 0.2) is 58.1 Å². The number of hydrogen-bond acceptors (Lipinski definition) is 1. The van der Waals surface area contributed by atoms with E-state index in [0.29, 0.717) is 0 Å². The first kappa shape index (κ1) is 9.60. The van der Waals surface area contributed by atoms with Gasteiger partial charge < -0.3 is 0 Å². The lowest BCUT2D eigenvalue weighted by Crippen LogP contribution is -1.79. The lowest BCUT2D eigenvalue weighted by molar-refractivity contribution is 1.22. The Morgan fingerprint density at radius 2 is 1.93 bits per heavy atom. The summed E-state index contributed by atoms with van der Waals surface area (Å²) in [6, 6.07) is 0. The van der Waals surface area contributed by atoms with Gasteiger partial charge in [0.2, 0.25) is 0 Å². The molecule has 2 aliphatic carbocycles. The minimum atomic E-state index is 1.06. The fraction of sp³-hybridized carbons (Fsp3) is 0.231. The van der Waals surface area contributed by atoms with Gasteiger partial charge in [-0.2, -0.15) is 0 Å². The van der Waals surface area contributed by atoms with Crippen LogP contribution in [0.3, 0.4) is 0 Å².